The van der Waals surface area contributed by atoms with Crippen molar-refractivity contribution in [2.24, 2.45) is 5.92 Å². The highest BCUT2D eigenvalue weighted by molar-refractivity contribution is 5.87. The van der Waals surface area contributed by atoms with E-state index in [1.54, 1.807) is 0 Å². The molecule has 0 aliphatic carbocycles. The topological polar surface area (TPSA) is 37.3 Å². The van der Waals surface area contributed by atoms with Crippen molar-refractivity contribution in [3.05, 3.63) is 11.1 Å². The van der Waals surface area contributed by atoms with Crippen molar-refractivity contribution < 1.29 is 9.90 Å². The molecular formula is C32H62O2. The molecule has 0 spiro atoms. The second kappa shape index (κ2) is 25.3. The molecule has 0 saturated heterocycles. The van der Waals surface area contributed by atoms with Gasteiger partial charge in [0.2, 0.25) is 0 Å². The van der Waals surface area contributed by atoms with E-state index in [0.717, 1.165) is 37.2 Å². The number of carbonyl (C=O) groups is 1. The minimum atomic E-state index is -0.683. The Morgan fingerprint density at radius 2 is 0.912 bits per heavy atom. The SMILES string of the molecule is CCCCCCCCCCCCC(C(=O)O)=C(C)CCCCCCCCCC(C)CCCCC. The van der Waals surface area contributed by atoms with Crippen molar-refractivity contribution in [2.75, 3.05) is 0 Å². The van der Waals surface area contributed by atoms with E-state index >= 15 is 0 Å². The molecule has 1 N–H and O–H groups in total. The Balaban J connectivity index is 3.75. The first-order valence-corrected chi connectivity index (χ1v) is 15.4. The van der Waals surface area contributed by atoms with Crippen LogP contribution in [0.3, 0.4) is 0 Å². The largest absolute Gasteiger partial charge is 0.478 e. The number of hydrogen-bond acceptors (Lipinski definition) is 1. The highest BCUT2D eigenvalue weighted by Gasteiger charge is 2.11. The predicted octanol–water partition coefficient (Wildman–Crippen LogP) is 11.4. The Hall–Kier alpha value is -0.790. The molecule has 2 heteroatoms. The van der Waals surface area contributed by atoms with Crippen LogP contribution in [0.15, 0.2) is 11.1 Å². The highest BCUT2D eigenvalue weighted by atomic mass is 16.4. The van der Waals surface area contributed by atoms with Gasteiger partial charge in [0, 0.05) is 5.57 Å². The second-order valence-corrected chi connectivity index (χ2v) is 11.1. The number of rotatable bonds is 26. The third-order valence-electron chi connectivity index (χ3n) is 7.60. The molecule has 0 aromatic rings. The van der Waals surface area contributed by atoms with Gasteiger partial charge in [0.05, 0.1) is 0 Å². The molecular weight excluding hydrogens is 416 g/mol. The number of aliphatic carboxylic acids is 1. The molecule has 1 unspecified atom stereocenters. The molecule has 34 heavy (non-hydrogen) atoms. The lowest BCUT2D eigenvalue weighted by molar-refractivity contribution is -0.132. The van der Waals surface area contributed by atoms with E-state index in [4.69, 9.17) is 0 Å². The minimum Gasteiger partial charge on any atom is -0.478 e. The highest BCUT2D eigenvalue weighted by Crippen LogP contribution is 2.21. The Kier molecular flexibility index (Phi) is 24.7. The van der Waals surface area contributed by atoms with Crippen molar-refractivity contribution in [3.8, 4) is 0 Å². The summed E-state index contributed by atoms with van der Waals surface area (Å²) in [7, 11) is 0. The van der Waals surface area contributed by atoms with Crippen LogP contribution in [-0.4, -0.2) is 11.1 Å². The summed E-state index contributed by atoms with van der Waals surface area (Å²) in [5.41, 5.74) is 1.83. The number of allylic oxidation sites excluding steroid dienone is 1. The molecule has 0 aromatic heterocycles. The normalized spacial score (nSPS) is 13.2. The Morgan fingerprint density at radius 1 is 0.559 bits per heavy atom. The lowest BCUT2D eigenvalue weighted by Gasteiger charge is -2.11. The third kappa shape index (κ3) is 21.7. The number of hydrogen-bond donors (Lipinski definition) is 1. The zero-order valence-electron chi connectivity index (χ0n) is 23.9. The molecule has 0 fully saturated rings. The summed E-state index contributed by atoms with van der Waals surface area (Å²) in [5.74, 6) is 0.224. The molecule has 0 rings (SSSR count). The summed E-state index contributed by atoms with van der Waals surface area (Å²) in [5, 5.41) is 9.65. The molecule has 2 nitrogen and oxygen atoms in total. The van der Waals surface area contributed by atoms with Crippen molar-refractivity contribution >= 4 is 5.97 Å². The van der Waals surface area contributed by atoms with Gasteiger partial charge in [-0.2, -0.15) is 0 Å². The quantitative estimate of drug-likeness (QED) is 0.0991. The minimum absolute atomic E-state index is 0.683. The Labute approximate surface area is 214 Å². The predicted molar refractivity (Wildman–Crippen MR) is 152 cm³/mol. The van der Waals surface area contributed by atoms with Crippen molar-refractivity contribution in [1.29, 1.82) is 0 Å². The van der Waals surface area contributed by atoms with Gasteiger partial charge in [-0.1, -0.05) is 155 Å². The van der Waals surface area contributed by atoms with E-state index in [2.05, 4.69) is 27.7 Å². The van der Waals surface area contributed by atoms with Crippen molar-refractivity contribution in [1.82, 2.24) is 0 Å². The molecule has 0 aromatic carbocycles. The van der Waals surface area contributed by atoms with Crippen LogP contribution < -0.4 is 0 Å². The van der Waals surface area contributed by atoms with Gasteiger partial charge in [-0.3, -0.25) is 0 Å². The van der Waals surface area contributed by atoms with E-state index in [-0.39, 0.29) is 0 Å². The Morgan fingerprint density at radius 3 is 1.38 bits per heavy atom. The first-order chi connectivity index (χ1) is 16.5. The fourth-order valence-electron chi connectivity index (χ4n) is 5.10. The van der Waals surface area contributed by atoms with Crippen LogP contribution in [0, 0.1) is 5.92 Å². The molecule has 0 aliphatic rings. The van der Waals surface area contributed by atoms with Crippen LogP contribution in [0.4, 0.5) is 0 Å². The standard InChI is InChI=1S/C32H62O2/c1-5-7-9-10-11-12-13-17-20-24-28-31(32(33)34)30(4)27-23-19-16-14-15-18-22-26-29(3)25-21-8-6-2/h29H,5-28H2,1-4H3,(H,33,34). The maximum absolute atomic E-state index is 11.7. The third-order valence-corrected chi connectivity index (χ3v) is 7.60. The van der Waals surface area contributed by atoms with Crippen LogP contribution >= 0.6 is 0 Å². The van der Waals surface area contributed by atoms with Crippen LogP contribution in [0.25, 0.3) is 0 Å². The van der Waals surface area contributed by atoms with Gasteiger partial charge >= 0.3 is 5.97 Å². The smallest absolute Gasteiger partial charge is 0.331 e. The van der Waals surface area contributed by atoms with E-state index < -0.39 is 5.97 Å². The van der Waals surface area contributed by atoms with Gasteiger partial charge in [0.1, 0.15) is 0 Å². The van der Waals surface area contributed by atoms with Gasteiger partial charge < -0.3 is 5.11 Å². The number of carboxylic acids is 1. The van der Waals surface area contributed by atoms with Gasteiger partial charge in [-0.15, -0.1) is 0 Å². The van der Waals surface area contributed by atoms with Gasteiger partial charge in [-0.05, 0) is 38.5 Å². The fourth-order valence-corrected chi connectivity index (χ4v) is 5.10. The van der Waals surface area contributed by atoms with Crippen LogP contribution in [0.5, 0.6) is 0 Å². The van der Waals surface area contributed by atoms with Gasteiger partial charge in [-0.25, -0.2) is 4.79 Å². The monoisotopic (exact) mass is 478 g/mol. The van der Waals surface area contributed by atoms with E-state index in [0.29, 0.717) is 5.57 Å². The molecule has 0 aliphatic heterocycles. The number of unbranched alkanes of at least 4 members (excludes halogenated alkanes) is 17. The van der Waals surface area contributed by atoms with Crippen molar-refractivity contribution in [2.45, 2.75) is 182 Å². The van der Waals surface area contributed by atoms with Crippen LogP contribution in [0.1, 0.15) is 182 Å². The average Bonchev–Trinajstić information content (AvgIpc) is 2.81. The summed E-state index contributed by atoms with van der Waals surface area (Å²) < 4.78 is 0. The first-order valence-electron chi connectivity index (χ1n) is 15.4. The van der Waals surface area contributed by atoms with Crippen molar-refractivity contribution in [3.63, 3.8) is 0 Å². The van der Waals surface area contributed by atoms with Gasteiger partial charge in [0.15, 0.2) is 0 Å². The van der Waals surface area contributed by atoms with Gasteiger partial charge in [0.25, 0.3) is 0 Å². The number of carboxylic acid groups (broad SMARTS) is 1. The van der Waals surface area contributed by atoms with E-state index in [9.17, 15) is 9.90 Å². The maximum Gasteiger partial charge on any atom is 0.331 e. The summed E-state index contributed by atoms with van der Waals surface area (Å²) >= 11 is 0. The van der Waals surface area contributed by atoms with E-state index in [1.807, 2.05) is 0 Å². The molecule has 1 atom stereocenters. The summed E-state index contributed by atoms with van der Waals surface area (Å²) in [6, 6.07) is 0. The molecule has 0 amide bonds. The summed E-state index contributed by atoms with van der Waals surface area (Å²) in [6.45, 7) is 9.03. The Bertz CT molecular complexity index is 479. The fraction of sp³-hybridized carbons (Fsp3) is 0.906. The lowest BCUT2D eigenvalue weighted by atomic mass is 9.96. The molecule has 0 bridgehead atoms. The maximum atomic E-state index is 11.7. The summed E-state index contributed by atoms with van der Waals surface area (Å²) in [6.07, 6.45) is 30.9. The molecule has 202 valence electrons. The second-order valence-electron chi connectivity index (χ2n) is 11.1. The lowest BCUT2D eigenvalue weighted by Crippen LogP contribution is -2.04. The molecule has 0 saturated carbocycles. The average molecular weight is 479 g/mol. The van der Waals surface area contributed by atoms with Crippen LogP contribution in [-0.2, 0) is 4.79 Å². The zero-order valence-corrected chi connectivity index (χ0v) is 23.9. The zero-order chi connectivity index (χ0) is 25.3. The van der Waals surface area contributed by atoms with E-state index in [1.165, 1.54) is 128 Å². The molecule has 0 radical (unpaired) electrons. The molecule has 0 heterocycles. The summed E-state index contributed by atoms with van der Waals surface area (Å²) in [4.78, 5) is 11.7. The first kappa shape index (κ1) is 33.2. The van der Waals surface area contributed by atoms with Crippen LogP contribution in [0.2, 0.25) is 0 Å².